The Balaban J connectivity index is 1.86. The van der Waals surface area contributed by atoms with Gasteiger partial charge in [0.1, 0.15) is 0 Å². The van der Waals surface area contributed by atoms with Crippen LogP contribution < -0.4 is 0 Å². The van der Waals surface area contributed by atoms with Crippen LogP contribution in [0, 0.1) is 13.8 Å². The molecule has 33 heavy (non-hydrogen) atoms. The summed E-state index contributed by atoms with van der Waals surface area (Å²) in [5.74, 6) is 0. The molecule has 0 heterocycles. The van der Waals surface area contributed by atoms with Crippen LogP contribution in [-0.4, -0.2) is 0 Å². The number of benzene rings is 5. The van der Waals surface area contributed by atoms with E-state index in [0.717, 1.165) is 6.42 Å². The van der Waals surface area contributed by atoms with Gasteiger partial charge in [0.2, 0.25) is 0 Å². The molecule has 0 aromatic heterocycles. The van der Waals surface area contributed by atoms with Crippen LogP contribution in [0.25, 0.3) is 43.8 Å². The maximum Gasteiger partial charge on any atom is -0.00263 e. The molecule has 5 aromatic carbocycles. The summed E-state index contributed by atoms with van der Waals surface area (Å²) in [6.45, 7) is 6.59. The van der Waals surface area contributed by atoms with Gasteiger partial charge in [-0.3, -0.25) is 0 Å². The molecule has 0 N–H and O–H groups in total. The first kappa shape index (κ1) is 21.5. The molecule has 0 radical (unpaired) electrons. The van der Waals surface area contributed by atoms with Crippen molar-refractivity contribution in [3.8, 4) is 22.3 Å². The Kier molecular flexibility index (Phi) is 6.01. The van der Waals surface area contributed by atoms with E-state index < -0.39 is 0 Å². The van der Waals surface area contributed by atoms with Gasteiger partial charge in [0.15, 0.2) is 0 Å². The van der Waals surface area contributed by atoms with Crippen molar-refractivity contribution in [2.24, 2.45) is 0 Å². The van der Waals surface area contributed by atoms with Gasteiger partial charge in [-0.25, -0.2) is 0 Å². The van der Waals surface area contributed by atoms with Gasteiger partial charge in [0, 0.05) is 0 Å². The van der Waals surface area contributed by atoms with Crippen LogP contribution in [0.15, 0.2) is 91.0 Å². The molecule has 0 aliphatic carbocycles. The molecule has 0 aliphatic heterocycles. The summed E-state index contributed by atoms with van der Waals surface area (Å²) in [5, 5.41) is 5.35. The average Bonchev–Trinajstić information content (AvgIpc) is 2.84. The van der Waals surface area contributed by atoms with E-state index in [0.29, 0.717) is 0 Å². The van der Waals surface area contributed by atoms with E-state index >= 15 is 0 Å². The summed E-state index contributed by atoms with van der Waals surface area (Å²) in [4.78, 5) is 0. The van der Waals surface area contributed by atoms with Gasteiger partial charge in [-0.05, 0) is 76.1 Å². The van der Waals surface area contributed by atoms with Crippen molar-refractivity contribution in [2.45, 2.75) is 46.5 Å². The summed E-state index contributed by atoms with van der Waals surface area (Å²) in [6, 6.07) is 34.1. The quantitative estimate of drug-likeness (QED) is 0.186. The number of aryl methyl sites for hydroxylation is 3. The van der Waals surface area contributed by atoms with Crippen LogP contribution in [-0.2, 0) is 6.42 Å². The predicted molar refractivity (Wildman–Crippen MR) is 145 cm³/mol. The van der Waals surface area contributed by atoms with Gasteiger partial charge in [-0.1, -0.05) is 122 Å². The molecule has 164 valence electrons. The zero-order valence-electron chi connectivity index (χ0n) is 20.0. The van der Waals surface area contributed by atoms with Crippen LogP contribution >= 0.6 is 0 Å². The van der Waals surface area contributed by atoms with Gasteiger partial charge in [-0.2, -0.15) is 0 Å². The van der Waals surface area contributed by atoms with E-state index in [2.05, 4.69) is 112 Å². The van der Waals surface area contributed by atoms with Gasteiger partial charge in [0.25, 0.3) is 0 Å². The first-order valence-electron chi connectivity index (χ1n) is 12.3. The van der Waals surface area contributed by atoms with Crippen LogP contribution in [0.3, 0.4) is 0 Å². The Labute approximate surface area is 197 Å². The number of hydrogen-bond acceptors (Lipinski definition) is 0. The lowest BCUT2D eigenvalue weighted by atomic mass is 9.85. The van der Waals surface area contributed by atoms with E-state index in [1.54, 1.807) is 0 Å². The second-order valence-electron chi connectivity index (χ2n) is 9.36. The molecule has 0 saturated heterocycles. The summed E-state index contributed by atoms with van der Waals surface area (Å²) in [5.41, 5.74) is 9.31. The zero-order valence-corrected chi connectivity index (χ0v) is 20.0. The summed E-state index contributed by atoms with van der Waals surface area (Å²) >= 11 is 0. The Hall–Kier alpha value is -3.38. The lowest BCUT2D eigenvalue weighted by molar-refractivity contribution is 0.718. The average molecular weight is 429 g/mol. The second kappa shape index (κ2) is 9.24. The lowest BCUT2D eigenvalue weighted by Crippen LogP contribution is -1.93. The Morgan fingerprint density at radius 2 is 1.03 bits per heavy atom. The molecule has 0 saturated carbocycles. The highest BCUT2D eigenvalue weighted by molar-refractivity contribution is 6.21. The third-order valence-electron chi connectivity index (χ3n) is 6.84. The molecule has 0 aliphatic rings. The topological polar surface area (TPSA) is 0 Å². The van der Waals surface area contributed by atoms with Crippen molar-refractivity contribution in [1.82, 2.24) is 0 Å². The van der Waals surface area contributed by atoms with E-state index in [1.165, 1.54) is 79.8 Å². The molecule has 0 bridgehead atoms. The second-order valence-corrected chi connectivity index (χ2v) is 9.36. The van der Waals surface area contributed by atoms with Crippen molar-refractivity contribution in [2.75, 3.05) is 0 Å². The standard InChI is InChI=1S/C33H32/c1-4-5-6-9-25-16-21-30-31(22-25)33(27-19-14-24(3)15-20-27)29-11-8-7-10-28(29)32(30)26-17-12-23(2)13-18-26/h7-8,10-22H,4-6,9H2,1-3H3. The zero-order chi connectivity index (χ0) is 22.8. The fourth-order valence-electron chi connectivity index (χ4n) is 5.02. The maximum absolute atomic E-state index is 2.46. The number of rotatable bonds is 6. The third kappa shape index (κ3) is 4.18. The maximum atomic E-state index is 2.46. The van der Waals surface area contributed by atoms with Crippen molar-refractivity contribution in [3.05, 3.63) is 108 Å². The van der Waals surface area contributed by atoms with Crippen molar-refractivity contribution in [3.63, 3.8) is 0 Å². The lowest BCUT2D eigenvalue weighted by Gasteiger charge is -2.19. The van der Waals surface area contributed by atoms with Crippen molar-refractivity contribution >= 4 is 21.5 Å². The molecule has 0 heteroatoms. The molecule has 0 nitrogen and oxygen atoms in total. The van der Waals surface area contributed by atoms with Gasteiger partial charge < -0.3 is 0 Å². The minimum atomic E-state index is 1.14. The summed E-state index contributed by atoms with van der Waals surface area (Å²) < 4.78 is 0. The van der Waals surface area contributed by atoms with E-state index in [9.17, 15) is 0 Å². The van der Waals surface area contributed by atoms with Gasteiger partial charge in [0.05, 0.1) is 0 Å². The molecular formula is C33H32. The van der Waals surface area contributed by atoms with Gasteiger partial charge in [-0.15, -0.1) is 0 Å². The first-order chi connectivity index (χ1) is 16.2. The molecule has 0 atom stereocenters. The molecule has 5 aromatic rings. The van der Waals surface area contributed by atoms with E-state index in [-0.39, 0.29) is 0 Å². The summed E-state index contributed by atoms with van der Waals surface area (Å²) in [7, 11) is 0. The predicted octanol–water partition coefficient (Wildman–Crippen LogP) is 9.68. The highest BCUT2D eigenvalue weighted by atomic mass is 14.2. The monoisotopic (exact) mass is 428 g/mol. The van der Waals surface area contributed by atoms with Crippen LogP contribution in [0.5, 0.6) is 0 Å². The first-order valence-corrected chi connectivity index (χ1v) is 12.3. The van der Waals surface area contributed by atoms with Crippen molar-refractivity contribution in [1.29, 1.82) is 0 Å². The minimum Gasteiger partial charge on any atom is -0.0654 e. The molecule has 0 fully saturated rings. The van der Waals surface area contributed by atoms with Crippen LogP contribution in [0.1, 0.15) is 42.9 Å². The smallest absolute Gasteiger partial charge is 0.00263 e. The molecule has 5 rings (SSSR count). The largest absolute Gasteiger partial charge is 0.0654 e. The fourth-order valence-corrected chi connectivity index (χ4v) is 5.02. The normalized spacial score (nSPS) is 11.4. The molecular weight excluding hydrogens is 396 g/mol. The fraction of sp³-hybridized carbons (Fsp3) is 0.212. The van der Waals surface area contributed by atoms with Gasteiger partial charge >= 0.3 is 0 Å². The highest BCUT2D eigenvalue weighted by Gasteiger charge is 2.17. The Morgan fingerprint density at radius 1 is 0.515 bits per heavy atom. The minimum absolute atomic E-state index is 1.14. The number of unbranched alkanes of at least 4 members (excludes halogenated alkanes) is 2. The Morgan fingerprint density at radius 3 is 1.58 bits per heavy atom. The van der Waals surface area contributed by atoms with E-state index in [4.69, 9.17) is 0 Å². The third-order valence-corrected chi connectivity index (χ3v) is 6.84. The van der Waals surface area contributed by atoms with Crippen LogP contribution in [0.4, 0.5) is 0 Å². The molecule has 0 unspecified atom stereocenters. The summed E-state index contributed by atoms with van der Waals surface area (Å²) in [6.07, 6.45) is 4.93. The number of hydrogen-bond donors (Lipinski definition) is 0. The van der Waals surface area contributed by atoms with E-state index in [1.807, 2.05) is 0 Å². The molecule has 0 spiro atoms. The SMILES string of the molecule is CCCCCc1ccc2c(-c3ccc(C)cc3)c3ccccc3c(-c3ccc(C)cc3)c2c1. The molecule has 0 amide bonds. The Bertz CT molecular complexity index is 1400. The van der Waals surface area contributed by atoms with Crippen LogP contribution in [0.2, 0.25) is 0 Å². The van der Waals surface area contributed by atoms with Crippen molar-refractivity contribution < 1.29 is 0 Å². The number of fused-ring (bicyclic) bond motifs is 2. The highest BCUT2D eigenvalue weighted by Crippen LogP contribution is 2.44.